The molecule has 0 bridgehead atoms. The number of hydrogen-bond donors (Lipinski definition) is 1. The zero-order valence-corrected chi connectivity index (χ0v) is 16.4. The number of aliphatic carboxylic acids is 1. The maximum atomic E-state index is 12.9. The average molecular weight is 335 g/mol. The number of benzene rings is 1. The normalized spacial score (nSPS) is 31.5. The van der Waals surface area contributed by atoms with E-state index in [-0.39, 0.29) is 41.5 Å². The summed E-state index contributed by atoms with van der Waals surface area (Å²) in [6.45, 7) is 2.05. The van der Waals surface area contributed by atoms with Crippen LogP contribution in [0.15, 0.2) is 24.3 Å². The van der Waals surface area contributed by atoms with Crippen LogP contribution in [0.25, 0.3) is 0 Å². The van der Waals surface area contributed by atoms with Crippen molar-refractivity contribution in [3.63, 3.8) is 0 Å². The molecule has 3 aliphatic carbocycles. The first-order chi connectivity index (χ1) is 11.0. The third-order valence-corrected chi connectivity index (χ3v) is 6.24. The van der Waals surface area contributed by atoms with E-state index in [2.05, 4.69) is 29.6 Å². The number of carbonyl (C=O) groups excluding carboxylic acids is 2. The molecule has 1 aromatic carbocycles. The maximum Gasteiger partial charge on any atom is 1.00 e. The summed E-state index contributed by atoms with van der Waals surface area (Å²) in [5, 5.41) is 14.7. The molecule has 3 atom stereocenters. The second kappa shape index (κ2) is 6.15. The summed E-state index contributed by atoms with van der Waals surface area (Å²) in [4.78, 5) is 24.4. The number of nitrogens with one attached hydrogen (secondary N) is 1. The third-order valence-electron chi connectivity index (χ3n) is 6.24. The van der Waals surface area contributed by atoms with Gasteiger partial charge in [-0.2, -0.15) is 0 Å². The predicted octanol–water partition coefficient (Wildman–Crippen LogP) is -1.12. The molecule has 0 radical (unpaired) electrons. The van der Waals surface area contributed by atoms with Gasteiger partial charge in [0, 0.05) is 11.4 Å². The molecule has 1 amide bonds. The van der Waals surface area contributed by atoms with Gasteiger partial charge < -0.3 is 15.2 Å². The standard InChI is InChI=1S/C19H23NO3.Na/c1-12-3-5-13(6-4-12)15(14-7-8-14)20-16(21)18-9-2-10-19(18,11-18)17(22)23;/h3-6,14-15H,2,7-11H2,1H3,(H,20,21)(H,22,23);/q;+1/p-1/t15?,18-,19+;/m0./s1. The largest absolute Gasteiger partial charge is 1.00 e. The van der Waals surface area contributed by atoms with Crippen LogP contribution in [0.5, 0.6) is 0 Å². The zero-order valence-electron chi connectivity index (χ0n) is 14.4. The van der Waals surface area contributed by atoms with Crippen molar-refractivity contribution >= 4 is 11.9 Å². The molecule has 3 fully saturated rings. The van der Waals surface area contributed by atoms with E-state index in [1.807, 2.05) is 6.92 Å². The van der Waals surface area contributed by atoms with Crippen LogP contribution in [0, 0.1) is 23.7 Å². The molecule has 0 aromatic heterocycles. The molecule has 3 saturated carbocycles. The Labute approximate surface area is 164 Å². The van der Waals surface area contributed by atoms with Gasteiger partial charge in [0.2, 0.25) is 5.91 Å². The van der Waals surface area contributed by atoms with Gasteiger partial charge >= 0.3 is 29.6 Å². The maximum absolute atomic E-state index is 12.9. The van der Waals surface area contributed by atoms with Crippen LogP contribution in [0.4, 0.5) is 0 Å². The Morgan fingerprint density at radius 1 is 1.17 bits per heavy atom. The topological polar surface area (TPSA) is 69.2 Å². The van der Waals surface area contributed by atoms with Crippen molar-refractivity contribution in [2.24, 2.45) is 16.7 Å². The molecule has 4 rings (SSSR count). The van der Waals surface area contributed by atoms with Gasteiger partial charge in [0.15, 0.2) is 0 Å². The molecule has 5 heteroatoms. The molecule has 3 aliphatic rings. The minimum Gasteiger partial charge on any atom is -0.550 e. The van der Waals surface area contributed by atoms with Gasteiger partial charge in [-0.3, -0.25) is 4.79 Å². The van der Waals surface area contributed by atoms with Crippen LogP contribution in [0.1, 0.15) is 55.7 Å². The summed E-state index contributed by atoms with van der Waals surface area (Å²) in [6, 6.07) is 8.28. The molecule has 0 heterocycles. The van der Waals surface area contributed by atoms with Gasteiger partial charge in [-0.25, -0.2) is 0 Å². The number of carboxylic acids is 1. The first-order valence-electron chi connectivity index (χ1n) is 8.58. The molecule has 0 spiro atoms. The van der Waals surface area contributed by atoms with Crippen molar-refractivity contribution in [1.29, 1.82) is 0 Å². The van der Waals surface area contributed by atoms with Crippen LogP contribution in [0.2, 0.25) is 0 Å². The number of carbonyl (C=O) groups is 2. The predicted molar refractivity (Wildman–Crippen MR) is 83.1 cm³/mol. The number of carboxylic acid groups (broad SMARTS) is 1. The Balaban J connectivity index is 0.00000169. The van der Waals surface area contributed by atoms with E-state index >= 15 is 0 Å². The van der Waals surface area contributed by atoms with E-state index < -0.39 is 16.8 Å². The molecule has 1 aromatic rings. The summed E-state index contributed by atoms with van der Waals surface area (Å²) in [5.74, 6) is -0.629. The van der Waals surface area contributed by atoms with Crippen molar-refractivity contribution in [1.82, 2.24) is 5.32 Å². The Bertz CT molecular complexity index is 670. The third kappa shape index (κ3) is 2.63. The first-order valence-corrected chi connectivity index (χ1v) is 8.58. The second-order valence-electron chi connectivity index (χ2n) is 7.68. The van der Waals surface area contributed by atoms with Crippen LogP contribution in [-0.4, -0.2) is 11.9 Å². The molecule has 1 unspecified atom stereocenters. The van der Waals surface area contributed by atoms with E-state index in [4.69, 9.17) is 0 Å². The van der Waals surface area contributed by atoms with Crippen molar-refractivity contribution < 1.29 is 44.3 Å². The Morgan fingerprint density at radius 2 is 1.79 bits per heavy atom. The van der Waals surface area contributed by atoms with E-state index in [0.29, 0.717) is 25.2 Å². The molecule has 4 nitrogen and oxygen atoms in total. The monoisotopic (exact) mass is 335 g/mol. The molecular formula is C19H22NNaO3. The van der Waals surface area contributed by atoms with Gasteiger partial charge in [-0.15, -0.1) is 0 Å². The van der Waals surface area contributed by atoms with Crippen LogP contribution >= 0.6 is 0 Å². The molecule has 24 heavy (non-hydrogen) atoms. The Morgan fingerprint density at radius 3 is 2.33 bits per heavy atom. The minimum atomic E-state index is -1.04. The number of rotatable bonds is 5. The number of amides is 1. The molecule has 0 aliphatic heterocycles. The molecule has 1 N–H and O–H groups in total. The van der Waals surface area contributed by atoms with Gasteiger partial charge in [-0.1, -0.05) is 36.2 Å². The molecule has 0 saturated heterocycles. The van der Waals surface area contributed by atoms with Crippen molar-refractivity contribution in [2.75, 3.05) is 0 Å². The van der Waals surface area contributed by atoms with E-state index in [1.165, 1.54) is 5.56 Å². The number of aryl methyl sites for hydroxylation is 1. The summed E-state index contributed by atoms with van der Waals surface area (Å²) < 4.78 is 0. The Hall–Kier alpha value is -0.840. The van der Waals surface area contributed by atoms with Gasteiger partial charge in [-0.05, 0) is 50.5 Å². The van der Waals surface area contributed by atoms with Gasteiger partial charge in [0.05, 0.1) is 11.5 Å². The summed E-state index contributed by atoms with van der Waals surface area (Å²) >= 11 is 0. The first kappa shape index (κ1) is 18.0. The van der Waals surface area contributed by atoms with Gasteiger partial charge in [0.25, 0.3) is 0 Å². The van der Waals surface area contributed by atoms with E-state index in [1.54, 1.807) is 0 Å². The zero-order chi connectivity index (χ0) is 16.2. The quantitative estimate of drug-likeness (QED) is 0.693. The number of hydrogen-bond acceptors (Lipinski definition) is 3. The van der Waals surface area contributed by atoms with Crippen molar-refractivity contribution in [3.8, 4) is 0 Å². The van der Waals surface area contributed by atoms with Crippen molar-refractivity contribution in [2.45, 2.75) is 51.5 Å². The average Bonchev–Trinajstić information content (AvgIpc) is 3.44. The fourth-order valence-electron chi connectivity index (χ4n) is 4.56. The van der Waals surface area contributed by atoms with Crippen molar-refractivity contribution in [3.05, 3.63) is 35.4 Å². The van der Waals surface area contributed by atoms with Crippen LogP contribution < -0.4 is 40.0 Å². The molecule has 122 valence electrons. The van der Waals surface area contributed by atoms with E-state index in [9.17, 15) is 14.7 Å². The number of fused-ring (bicyclic) bond motifs is 1. The SMILES string of the molecule is Cc1ccc(C(NC(=O)[C@@]23CCC[C@]2(C(=O)[O-])C3)C2CC2)cc1.[Na+]. The van der Waals surface area contributed by atoms with Crippen LogP contribution in [-0.2, 0) is 9.59 Å². The van der Waals surface area contributed by atoms with Crippen LogP contribution in [0.3, 0.4) is 0 Å². The molecular weight excluding hydrogens is 313 g/mol. The Kier molecular flexibility index (Phi) is 4.61. The summed E-state index contributed by atoms with van der Waals surface area (Å²) in [7, 11) is 0. The van der Waals surface area contributed by atoms with Gasteiger partial charge in [0.1, 0.15) is 0 Å². The minimum absolute atomic E-state index is 0. The summed E-state index contributed by atoms with van der Waals surface area (Å²) in [6.07, 6.45) is 4.77. The smallest absolute Gasteiger partial charge is 0.550 e. The fraction of sp³-hybridized carbons (Fsp3) is 0.579. The van der Waals surface area contributed by atoms with E-state index in [0.717, 1.165) is 24.8 Å². The second-order valence-corrected chi connectivity index (χ2v) is 7.68. The summed E-state index contributed by atoms with van der Waals surface area (Å²) in [5.41, 5.74) is 0.727. The fourth-order valence-corrected chi connectivity index (χ4v) is 4.56.